The highest BCUT2D eigenvalue weighted by Crippen LogP contribution is 2.37. The molecule has 1 amide bonds. The van der Waals surface area contributed by atoms with E-state index in [1.165, 1.54) is 0 Å². The van der Waals surface area contributed by atoms with Crippen molar-refractivity contribution in [3.63, 3.8) is 0 Å². The Morgan fingerprint density at radius 3 is 2.83 bits per heavy atom. The maximum atomic E-state index is 14.7. The fourth-order valence-corrected chi connectivity index (χ4v) is 6.10. The van der Waals surface area contributed by atoms with E-state index in [0.717, 1.165) is 17.5 Å². The third kappa shape index (κ3) is 5.13. The van der Waals surface area contributed by atoms with E-state index in [0.29, 0.717) is 54.1 Å². The molecule has 3 aromatic heterocycles. The maximum absolute atomic E-state index is 14.7. The van der Waals surface area contributed by atoms with E-state index in [1.807, 2.05) is 24.0 Å². The average molecular weight is 598 g/mol. The number of carbonyl (C=O) groups is 1. The van der Waals surface area contributed by atoms with Crippen LogP contribution in [0.4, 0.5) is 20.4 Å². The second-order valence-electron chi connectivity index (χ2n) is 9.52. The van der Waals surface area contributed by atoms with E-state index < -0.39 is 44.1 Å². The molecule has 0 spiro atoms. The normalized spacial score (nSPS) is 17.3. The summed E-state index contributed by atoms with van der Waals surface area (Å²) in [6.45, 7) is 2.99. The largest absolute Gasteiger partial charge is 0.492 e. The zero-order valence-electron chi connectivity index (χ0n) is 22.3. The van der Waals surface area contributed by atoms with Gasteiger partial charge in [0.25, 0.3) is 5.91 Å². The highest BCUT2D eigenvalue weighted by Gasteiger charge is 2.35. The van der Waals surface area contributed by atoms with Crippen LogP contribution < -0.4 is 24.4 Å². The molecule has 0 saturated heterocycles. The Kier molecular flexibility index (Phi) is 7.22. The van der Waals surface area contributed by atoms with Gasteiger partial charge >= 0.3 is 0 Å². The number of carbonyl (C=O) groups excluding carboxylic acids is 1. The van der Waals surface area contributed by atoms with Gasteiger partial charge in [-0.15, -0.1) is 0 Å². The van der Waals surface area contributed by atoms with E-state index >= 15 is 0 Å². The first-order chi connectivity index (χ1) is 20.2. The number of anilines is 2. The monoisotopic (exact) mass is 597 g/mol. The van der Waals surface area contributed by atoms with Gasteiger partial charge in [-0.3, -0.25) is 9.78 Å². The van der Waals surface area contributed by atoms with Gasteiger partial charge in [0.15, 0.2) is 23.1 Å². The number of ether oxygens (including phenoxy) is 3. The zero-order valence-corrected chi connectivity index (χ0v) is 23.2. The van der Waals surface area contributed by atoms with Gasteiger partial charge < -0.3 is 24.4 Å². The van der Waals surface area contributed by atoms with Gasteiger partial charge in [-0.05, 0) is 37.3 Å². The number of hydrogen-bond acceptors (Lipinski definition) is 10. The number of alkyl halides is 1. The minimum atomic E-state index is -4.52. The summed E-state index contributed by atoms with van der Waals surface area (Å²) in [6, 6.07) is 9.00. The number of halogens is 2. The summed E-state index contributed by atoms with van der Waals surface area (Å²) in [5, 5.41) is 3.37. The van der Waals surface area contributed by atoms with E-state index in [9.17, 15) is 22.0 Å². The Bertz CT molecular complexity index is 1810. The molecule has 6 rings (SSSR count). The van der Waals surface area contributed by atoms with E-state index in [2.05, 4.69) is 15.3 Å². The van der Waals surface area contributed by atoms with Crippen LogP contribution in [0.2, 0.25) is 0 Å². The van der Waals surface area contributed by atoms with Crippen molar-refractivity contribution in [1.82, 2.24) is 20.3 Å². The second kappa shape index (κ2) is 11.0. The molecule has 2 aliphatic rings. The van der Waals surface area contributed by atoms with Gasteiger partial charge in [0.2, 0.25) is 15.3 Å². The molecule has 42 heavy (non-hydrogen) atoms. The Morgan fingerprint density at radius 2 is 2.00 bits per heavy atom. The van der Waals surface area contributed by atoms with Gasteiger partial charge in [0.05, 0.1) is 43.7 Å². The highest BCUT2D eigenvalue weighted by atomic mass is 32.2. The molecule has 2 aliphatic heterocycles. The Labute approximate surface area is 239 Å². The number of nitrogens with zero attached hydrogens (tertiary/aromatic N) is 4. The molecule has 5 heterocycles. The Morgan fingerprint density at radius 1 is 1.14 bits per heavy atom. The topological polar surface area (TPSA) is 133 Å². The van der Waals surface area contributed by atoms with Crippen LogP contribution in [0, 0.1) is 5.82 Å². The van der Waals surface area contributed by atoms with Crippen LogP contribution >= 0.6 is 0 Å². The summed E-state index contributed by atoms with van der Waals surface area (Å²) < 4.78 is 70.3. The lowest BCUT2D eigenvalue weighted by Crippen LogP contribution is -2.30. The van der Waals surface area contributed by atoms with Gasteiger partial charge in [-0.25, -0.2) is 27.2 Å². The standard InChI is InChI=1S/C28H25F2N5O6S/c1-2-39-19-12-22-27(32-15-19)35(6-8-40-22)25-4-3-16-13-31-18(11-21(16)34-25)14-33-28(36)17-9-20(29)26-23(10-17)42(37,38)24(30)5-7-41-26/h3-4,9-13,15,24H,2,5-8,14H2,1H3,(H,33,36)/t24-/m1/s1. The van der Waals surface area contributed by atoms with Gasteiger partial charge in [-0.1, -0.05) is 0 Å². The first kappa shape index (κ1) is 27.6. The van der Waals surface area contributed by atoms with Crippen molar-refractivity contribution in [3.05, 3.63) is 65.9 Å². The Hall–Kier alpha value is -4.59. The number of fused-ring (bicyclic) bond motifs is 3. The number of pyridine rings is 3. The predicted molar refractivity (Wildman–Crippen MR) is 147 cm³/mol. The quantitative estimate of drug-likeness (QED) is 0.349. The molecular formula is C28H25F2N5O6S. The SMILES string of the molecule is CCOc1cnc2c(c1)OCCN2c1ccc2cnc(CNC(=O)c3cc(F)c4c(c3)S(=O)(=O)[C@@H](F)CCO4)cc2n1. The van der Waals surface area contributed by atoms with Crippen LogP contribution in [0.15, 0.2) is 53.7 Å². The van der Waals surface area contributed by atoms with Crippen LogP contribution in [-0.2, 0) is 16.4 Å². The molecule has 1 aromatic carbocycles. The summed E-state index contributed by atoms with van der Waals surface area (Å²) in [7, 11) is -4.52. The summed E-state index contributed by atoms with van der Waals surface area (Å²) in [5.41, 5.74) is -1.49. The van der Waals surface area contributed by atoms with Gasteiger partial charge in [-0.2, -0.15) is 0 Å². The van der Waals surface area contributed by atoms with E-state index in [1.54, 1.807) is 24.5 Å². The summed E-state index contributed by atoms with van der Waals surface area (Å²) in [4.78, 5) is 27.7. The molecule has 1 N–H and O–H groups in total. The molecule has 0 aliphatic carbocycles. The molecule has 0 saturated carbocycles. The number of amides is 1. The third-order valence-electron chi connectivity index (χ3n) is 6.78. The van der Waals surface area contributed by atoms with Crippen molar-refractivity contribution in [2.75, 3.05) is 31.3 Å². The van der Waals surface area contributed by atoms with Crippen molar-refractivity contribution in [2.45, 2.75) is 30.3 Å². The first-order valence-corrected chi connectivity index (χ1v) is 14.7. The smallest absolute Gasteiger partial charge is 0.251 e. The van der Waals surface area contributed by atoms with Gasteiger partial charge in [0, 0.05) is 29.6 Å². The molecule has 1 atom stereocenters. The fraction of sp³-hybridized carbons (Fsp3) is 0.286. The molecule has 11 nitrogen and oxygen atoms in total. The number of sulfone groups is 1. The van der Waals surface area contributed by atoms with Crippen LogP contribution in [-0.4, -0.2) is 61.1 Å². The fourth-order valence-electron chi connectivity index (χ4n) is 4.71. The van der Waals surface area contributed by atoms with Crippen molar-refractivity contribution in [3.8, 4) is 17.2 Å². The summed E-state index contributed by atoms with van der Waals surface area (Å²) in [6.07, 6.45) is 2.80. The minimum absolute atomic E-state index is 0.0590. The molecule has 0 bridgehead atoms. The summed E-state index contributed by atoms with van der Waals surface area (Å²) in [5.74, 6) is 0.0252. The van der Waals surface area contributed by atoms with Crippen LogP contribution in [0.1, 0.15) is 29.4 Å². The number of benzene rings is 1. The predicted octanol–water partition coefficient (Wildman–Crippen LogP) is 3.87. The molecule has 4 aromatic rings. The zero-order chi connectivity index (χ0) is 29.4. The van der Waals surface area contributed by atoms with Crippen molar-refractivity contribution in [2.24, 2.45) is 0 Å². The van der Waals surface area contributed by atoms with Crippen LogP contribution in [0.5, 0.6) is 17.2 Å². The lowest BCUT2D eigenvalue weighted by atomic mass is 10.2. The number of nitrogens with one attached hydrogen (secondary N) is 1. The molecule has 218 valence electrons. The third-order valence-corrected chi connectivity index (χ3v) is 8.60. The number of rotatable bonds is 6. The van der Waals surface area contributed by atoms with E-state index in [-0.39, 0.29) is 18.7 Å². The highest BCUT2D eigenvalue weighted by molar-refractivity contribution is 7.92. The number of aromatic nitrogens is 3. The second-order valence-corrected chi connectivity index (χ2v) is 11.6. The first-order valence-electron chi connectivity index (χ1n) is 13.2. The van der Waals surface area contributed by atoms with Crippen LogP contribution in [0.3, 0.4) is 0 Å². The van der Waals surface area contributed by atoms with Crippen molar-refractivity contribution in [1.29, 1.82) is 0 Å². The number of hydrogen-bond donors (Lipinski definition) is 1. The summed E-state index contributed by atoms with van der Waals surface area (Å²) >= 11 is 0. The van der Waals surface area contributed by atoms with Crippen LogP contribution in [0.25, 0.3) is 10.9 Å². The van der Waals surface area contributed by atoms with Gasteiger partial charge in [0.1, 0.15) is 23.1 Å². The molecular weight excluding hydrogens is 572 g/mol. The Balaban J connectivity index is 1.22. The van der Waals surface area contributed by atoms with Crippen molar-refractivity contribution >= 4 is 38.3 Å². The minimum Gasteiger partial charge on any atom is -0.492 e. The van der Waals surface area contributed by atoms with Crippen molar-refractivity contribution < 1.29 is 36.2 Å². The maximum Gasteiger partial charge on any atom is 0.251 e. The lowest BCUT2D eigenvalue weighted by molar-refractivity contribution is 0.0949. The average Bonchev–Trinajstić information content (AvgIpc) is 3.10. The van der Waals surface area contributed by atoms with E-state index in [4.69, 9.17) is 19.2 Å². The molecule has 14 heteroatoms. The molecule has 0 radical (unpaired) electrons. The molecule has 0 fully saturated rings. The molecule has 0 unspecified atom stereocenters. The lowest BCUT2D eigenvalue weighted by Gasteiger charge is -2.29.